The molecule has 3 aromatic rings. The van der Waals surface area contributed by atoms with E-state index in [1.54, 1.807) is 27.9 Å². The van der Waals surface area contributed by atoms with Crippen molar-refractivity contribution in [2.24, 2.45) is 5.92 Å². The number of nitrogens with zero attached hydrogens (tertiary/aromatic N) is 4. The number of aryl methyl sites for hydroxylation is 1. The molecular formula is C18H21N5O3. The van der Waals surface area contributed by atoms with E-state index in [2.05, 4.69) is 15.3 Å². The molecule has 0 bridgehead atoms. The molecule has 0 spiro atoms. The number of H-pyrrole nitrogens is 1. The van der Waals surface area contributed by atoms with E-state index >= 15 is 0 Å². The number of carbonyl (C=O) groups excluding carboxylic acids is 1. The van der Waals surface area contributed by atoms with Crippen molar-refractivity contribution in [3.8, 4) is 0 Å². The Hall–Kier alpha value is -2.87. The van der Waals surface area contributed by atoms with E-state index in [-0.39, 0.29) is 17.6 Å². The number of β-amino-alcohol motifs (C(OH)–C–C–N with tert-alkyl or cyclic N) is 1. The summed E-state index contributed by atoms with van der Waals surface area (Å²) in [5.74, 6) is 0.729. The summed E-state index contributed by atoms with van der Waals surface area (Å²) in [7, 11) is 0. The Morgan fingerprint density at radius 2 is 2.31 bits per heavy atom. The SMILES string of the molecule is Cc1cc(C[C@@H]2CN(C(=O)c3ccc(Cn4cccn4)o3)C[C@@H]2O)n[nH]1. The predicted octanol–water partition coefficient (Wildman–Crippen LogP) is 1.23. The number of hydrogen-bond acceptors (Lipinski definition) is 5. The molecule has 0 unspecified atom stereocenters. The lowest BCUT2D eigenvalue weighted by Gasteiger charge is -2.14. The van der Waals surface area contributed by atoms with Crippen LogP contribution in [-0.4, -0.2) is 55.1 Å². The molecule has 1 aliphatic rings. The van der Waals surface area contributed by atoms with Gasteiger partial charge in [-0.25, -0.2) is 0 Å². The van der Waals surface area contributed by atoms with E-state index in [1.165, 1.54) is 0 Å². The molecule has 4 rings (SSSR count). The first kappa shape index (κ1) is 16.6. The third-order valence-corrected chi connectivity index (χ3v) is 4.67. The molecule has 1 saturated heterocycles. The van der Waals surface area contributed by atoms with Crippen molar-refractivity contribution in [2.75, 3.05) is 13.1 Å². The zero-order valence-electron chi connectivity index (χ0n) is 14.5. The summed E-state index contributed by atoms with van der Waals surface area (Å²) in [6.45, 7) is 3.21. The van der Waals surface area contributed by atoms with Crippen LogP contribution in [0.15, 0.2) is 41.1 Å². The molecule has 136 valence electrons. The molecule has 0 aliphatic carbocycles. The van der Waals surface area contributed by atoms with Crippen LogP contribution in [0.1, 0.15) is 27.7 Å². The number of aromatic nitrogens is 4. The fourth-order valence-electron chi connectivity index (χ4n) is 3.36. The number of rotatable bonds is 5. The average Bonchev–Trinajstić information content (AvgIpc) is 3.38. The quantitative estimate of drug-likeness (QED) is 0.717. The number of hydrogen-bond donors (Lipinski definition) is 2. The Labute approximate surface area is 150 Å². The van der Waals surface area contributed by atoms with Crippen molar-refractivity contribution in [3.05, 3.63) is 59.6 Å². The number of aromatic amines is 1. The van der Waals surface area contributed by atoms with Gasteiger partial charge in [0.05, 0.1) is 18.3 Å². The van der Waals surface area contributed by atoms with Gasteiger partial charge >= 0.3 is 0 Å². The topological polar surface area (TPSA) is 100 Å². The van der Waals surface area contributed by atoms with Crippen molar-refractivity contribution >= 4 is 5.91 Å². The van der Waals surface area contributed by atoms with Crippen LogP contribution < -0.4 is 0 Å². The molecule has 2 atom stereocenters. The Kier molecular flexibility index (Phi) is 4.34. The molecule has 0 radical (unpaired) electrons. The third kappa shape index (κ3) is 3.41. The Morgan fingerprint density at radius 1 is 1.42 bits per heavy atom. The van der Waals surface area contributed by atoms with Crippen LogP contribution in [0.5, 0.6) is 0 Å². The van der Waals surface area contributed by atoms with Crippen molar-refractivity contribution in [1.82, 2.24) is 24.9 Å². The molecule has 8 nitrogen and oxygen atoms in total. The highest BCUT2D eigenvalue weighted by Gasteiger charge is 2.35. The zero-order valence-corrected chi connectivity index (χ0v) is 14.5. The van der Waals surface area contributed by atoms with Gasteiger partial charge in [0.25, 0.3) is 5.91 Å². The summed E-state index contributed by atoms with van der Waals surface area (Å²) in [4.78, 5) is 14.3. The first-order chi connectivity index (χ1) is 12.6. The lowest BCUT2D eigenvalue weighted by molar-refractivity contribution is 0.0731. The van der Waals surface area contributed by atoms with Gasteiger partial charge in [-0.15, -0.1) is 0 Å². The molecule has 2 N–H and O–H groups in total. The molecule has 1 aliphatic heterocycles. The fraction of sp³-hybridized carbons (Fsp3) is 0.389. The molecule has 0 saturated carbocycles. The zero-order chi connectivity index (χ0) is 18.1. The van der Waals surface area contributed by atoms with Gasteiger partial charge in [-0.05, 0) is 37.6 Å². The van der Waals surface area contributed by atoms with Gasteiger partial charge in [-0.3, -0.25) is 14.6 Å². The smallest absolute Gasteiger partial charge is 0.289 e. The lowest BCUT2D eigenvalue weighted by atomic mass is 10.0. The molecule has 26 heavy (non-hydrogen) atoms. The number of aliphatic hydroxyl groups is 1. The van der Waals surface area contributed by atoms with E-state index in [1.807, 2.05) is 25.3 Å². The molecule has 8 heteroatoms. The number of furan rings is 1. The summed E-state index contributed by atoms with van der Waals surface area (Å²) in [6, 6.07) is 7.26. The number of aliphatic hydroxyl groups excluding tert-OH is 1. The van der Waals surface area contributed by atoms with Crippen LogP contribution in [0.25, 0.3) is 0 Å². The van der Waals surface area contributed by atoms with Gasteiger partial charge in [-0.1, -0.05) is 0 Å². The van der Waals surface area contributed by atoms with Crippen LogP contribution in [0.2, 0.25) is 0 Å². The first-order valence-corrected chi connectivity index (χ1v) is 8.63. The number of amides is 1. The van der Waals surface area contributed by atoms with E-state index in [0.29, 0.717) is 31.8 Å². The summed E-state index contributed by atoms with van der Waals surface area (Å²) in [5, 5.41) is 21.6. The molecule has 0 aromatic carbocycles. The summed E-state index contributed by atoms with van der Waals surface area (Å²) in [6.07, 6.45) is 3.61. The maximum Gasteiger partial charge on any atom is 0.289 e. The Morgan fingerprint density at radius 3 is 3.04 bits per heavy atom. The van der Waals surface area contributed by atoms with Crippen molar-refractivity contribution in [1.29, 1.82) is 0 Å². The molecule has 1 amide bonds. The minimum absolute atomic E-state index is 0.0276. The van der Waals surface area contributed by atoms with Crippen LogP contribution in [0.3, 0.4) is 0 Å². The Balaban J connectivity index is 1.40. The summed E-state index contributed by atoms with van der Waals surface area (Å²) in [5.41, 5.74) is 1.89. The number of likely N-dealkylation sites (tertiary alicyclic amines) is 1. The molecule has 1 fully saturated rings. The lowest BCUT2D eigenvalue weighted by Crippen LogP contribution is -2.29. The van der Waals surface area contributed by atoms with Gasteiger partial charge in [0.1, 0.15) is 5.76 Å². The van der Waals surface area contributed by atoms with Crippen LogP contribution in [-0.2, 0) is 13.0 Å². The predicted molar refractivity (Wildman–Crippen MR) is 92.5 cm³/mol. The first-order valence-electron chi connectivity index (χ1n) is 8.63. The van der Waals surface area contributed by atoms with Crippen molar-refractivity contribution in [2.45, 2.75) is 26.0 Å². The number of nitrogens with one attached hydrogen (secondary N) is 1. The van der Waals surface area contributed by atoms with Gasteiger partial charge < -0.3 is 14.4 Å². The standard InChI is InChI=1S/C18H21N5O3/c1-12-7-14(21-20-12)8-13-9-22(11-16(13)24)18(25)17-4-3-15(26-17)10-23-6-2-5-19-23/h2-7,13,16,24H,8-11H2,1H3,(H,20,21)/t13-,16+/m1/s1. The van der Waals surface area contributed by atoms with E-state index < -0.39 is 6.10 Å². The summed E-state index contributed by atoms with van der Waals surface area (Å²) < 4.78 is 7.40. The highest BCUT2D eigenvalue weighted by Crippen LogP contribution is 2.23. The number of carbonyl (C=O) groups is 1. The van der Waals surface area contributed by atoms with Gasteiger partial charge in [0.2, 0.25) is 0 Å². The van der Waals surface area contributed by atoms with Gasteiger partial charge in [0, 0.05) is 37.1 Å². The van der Waals surface area contributed by atoms with Gasteiger partial charge in [-0.2, -0.15) is 10.2 Å². The van der Waals surface area contributed by atoms with Gasteiger partial charge in [0.15, 0.2) is 5.76 Å². The second-order valence-corrected chi connectivity index (χ2v) is 6.75. The molecule has 4 heterocycles. The van der Waals surface area contributed by atoms with E-state index in [4.69, 9.17) is 4.42 Å². The van der Waals surface area contributed by atoms with Crippen LogP contribution in [0.4, 0.5) is 0 Å². The van der Waals surface area contributed by atoms with Crippen molar-refractivity contribution in [3.63, 3.8) is 0 Å². The fourth-order valence-corrected chi connectivity index (χ4v) is 3.36. The van der Waals surface area contributed by atoms with Crippen LogP contribution in [0, 0.1) is 12.8 Å². The van der Waals surface area contributed by atoms with E-state index in [9.17, 15) is 9.90 Å². The Bertz CT molecular complexity index is 882. The third-order valence-electron chi connectivity index (χ3n) is 4.67. The average molecular weight is 355 g/mol. The largest absolute Gasteiger partial charge is 0.454 e. The van der Waals surface area contributed by atoms with Crippen molar-refractivity contribution < 1.29 is 14.3 Å². The molecular weight excluding hydrogens is 334 g/mol. The maximum atomic E-state index is 12.7. The minimum atomic E-state index is -0.561. The summed E-state index contributed by atoms with van der Waals surface area (Å²) >= 11 is 0. The molecule has 3 aromatic heterocycles. The van der Waals surface area contributed by atoms with E-state index in [0.717, 1.165) is 11.4 Å². The van der Waals surface area contributed by atoms with Crippen LogP contribution >= 0.6 is 0 Å². The minimum Gasteiger partial charge on any atom is -0.454 e. The monoisotopic (exact) mass is 355 g/mol. The second kappa shape index (κ2) is 6.80. The maximum absolute atomic E-state index is 12.7. The second-order valence-electron chi connectivity index (χ2n) is 6.75. The highest BCUT2D eigenvalue weighted by atomic mass is 16.4. The highest BCUT2D eigenvalue weighted by molar-refractivity contribution is 5.91. The normalized spacial score (nSPS) is 20.0.